The van der Waals surface area contributed by atoms with E-state index >= 15 is 0 Å². The zero-order chi connectivity index (χ0) is 15.4. The normalized spacial score (nSPS) is 14.5. The average molecular weight is 299 g/mol. The van der Waals surface area contributed by atoms with Gasteiger partial charge >= 0.3 is 0 Å². The first-order valence-electron chi connectivity index (χ1n) is 7.71. The van der Waals surface area contributed by atoms with Gasteiger partial charge in [-0.15, -0.1) is 0 Å². The third-order valence-corrected chi connectivity index (χ3v) is 3.88. The zero-order valence-corrected chi connectivity index (χ0v) is 12.6. The highest BCUT2D eigenvalue weighted by atomic mass is 16.3. The lowest BCUT2D eigenvalue weighted by Crippen LogP contribution is -2.32. The molecule has 2 aromatic rings. The van der Waals surface area contributed by atoms with Gasteiger partial charge in [0, 0.05) is 19.3 Å². The molecule has 1 aromatic carbocycles. The van der Waals surface area contributed by atoms with Crippen LogP contribution in [-0.2, 0) is 6.54 Å². The lowest BCUT2D eigenvalue weighted by molar-refractivity contribution is 0.0908. The lowest BCUT2D eigenvalue weighted by atomic mass is 10.2. The molecule has 0 bridgehead atoms. The molecule has 0 aliphatic heterocycles. The van der Waals surface area contributed by atoms with Gasteiger partial charge in [-0.2, -0.15) is 5.10 Å². The van der Waals surface area contributed by atoms with Gasteiger partial charge in [0.2, 0.25) is 0 Å². The molecule has 116 valence electrons. The van der Waals surface area contributed by atoms with E-state index in [2.05, 4.69) is 5.10 Å². The van der Waals surface area contributed by atoms with Crippen molar-refractivity contribution in [2.45, 2.75) is 25.4 Å². The Labute approximate surface area is 130 Å². The molecular weight excluding hydrogens is 278 g/mol. The number of nitrogens with zero attached hydrogens (tertiary/aromatic N) is 3. The smallest absolute Gasteiger partial charge is 0.179 e. The van der Waals surface area contributed by atoms with E-state index in [9.17, 15) is 9.90 Å². The number of rotatable bonds is 8. The Morgan fingerprint density at radius 2 is 2.09 bits per heavy atom. The van der Waals surface area contributed by atoms with Gasteiger partial charge in [-0.25, -0.2) is 0 Å². The fourth-order valence-corrected chi connectivity index (χ4v) is 2.51. The number of benzene rings is 1. The first-order valence-corrected chi connectivity index (χ1v) is 7.71. The number of Topliss-reactive ketones (excluding diaryl/α,β-unsaturated/α-hetero) is 1. The van der Waals surface area contributed by atoms with Crippen molar-refractivity contribution < 1.29 is 9.90 Å². The van der Waals surface area contributed by atoms with Gasteiger partial charge in [0.15, 0.2) is 5.78 Å². The Balaban J connectivity index is 1.62. The topological polar surface area (TPSA) is 58.4 Å². The van der Waals surface area contributed by atoms with E-state index < -0.39 is 0 Å². The van der Waals surface area contributed by atoms with Crippen LogP contribution in [0.5, 0.6) is 0 Å². The third-order valence-electron chi connectivity index (χ3n) is 3.88. The van der Waals surface area contributed by atoms with Crippen molar-refractivity contribution in [3.05, 3.63) is 53.9 Å². The van der Waals surface area contributed by atoms with Gasteiger partial charge < -0.3 is 5.11 Å². The molecule has 1 N–H and O–H groups in total. The minimum absolute atomic E-state index is 0.0431. The van der Waals surface area contributed by atoms with E-state index in [-0.39, 0.29) is 12.4 Å². The number of aromatic nitrogens is 2. The van der Waals surface area contributed by atoms with E-state index in [1.54, 1.807) is 6.20 Å². The number of carbonyl (C=O) groups excluding carboxylic acids is 1. The molecule has 1 aliphatic rings. The molecule has 5 nitrogen and oxygen atoms in total. The molecule has 0 saturated heterocycles. The van der Waals surface area contributed by atoms with Crippen LogP contribution in [0.25, 0.3) is 0 Å². The molecule has 0 amide bonds. The Bertz CT molecular complexity index is 620. The van der Waals surface area contributed by atoms with Gasteiger partial charge in [-0.3, -0.25) is 14.4 Å². The number of carbonyl (C=O) groups is 1. The summed E-state index contributed by atoms with van der Waals surface area (Å²) < 4.78 is 1.89. The summed E-state index contributed by atoms with van der Waals surface area (Å²) in [6.45, 7) is 1.48. The molecule has 1 aromatic heterocycles. The minimum Gasteiger partial charge on any atom is -0.395 e. The summed E-state index contributed by atoms with van der Waals surface area (Å²) >= 11 is 0. The third kappa shape index (κ3) is 3.81. The molecule has 3 rings (SSSR count). The van der Waals surface area contributed by atoms with Crippen LogP contribution >= 0.6 is 0 Å². The maximum Gasteiger partial charge on any atom is 0.179 e. The number of hydrogen-bond donors (Lipinski definition) is 1. The van der Waals surface area contributed by atoms with Gasteiger partial charge in [0.05, 0.1) is 31.0 Å². The summed E-state index contributed by atoms with van der Waals surface area (Å²) in [4.78, 5) is 14.4. The molecule has 1 saturated carbocycles. The fraction of sp³-hybridized carbons (Fsp3) is 0.412. The Morgan fingerprint density at radius 3 is 2.77 bits per heavy atom. The van der Waals surface area contributed by atoms with Gasteiger partial charge in [0.1, 0.15) is 0 Å². The highest BCUT2D eigenvalue weighted by molar-refractivity contribution is 5.97. The lowest BCUT2D eigenvalue weighted by Gasteiger charge is -2.20. The second-order valence-corrected chi connectivity index (χ2v) is 5.78. The van der Waals surface area contributed by atoms with Crippen LogP contribution in [-0.4, -0.2) is 45.3 Å². The first-order chi connectivity index (χ1) is 10.8. The summed E-state index contributed by atoms with van der Waals surface area (Å²) in [5.74, 6) is 0.0521. The van der Waals surface area contributed by atoms with Crippen LogP contribution in [0.1, 0.15) is 34.8 Å². The average Bonchev–Trinajstić information content (AvgIpc) is 3.25. The SMILES string of the molecule is O=C(CN(CCO)Cc1ccccc1)c1cnn(C2CC2)c1. The molecule has 0 unspecified atom stereocenters. The van der Waals surface area contributed by atoms with Crippen LogP contribution in [0, 0.1) is 0 Å². The van der Waals surface area contributed by atoms with Crippen molar-refractivity contribution in [1.29, 1.82) is 0 Å². The van der Waals surface area contributed by atoms with Crippen LogP contribution < -0.4 is 0 Å². The molecule has 5 heteroatoms. The number of aliphatic hydroxyl groups excluding tert-OH is 1. The van der Waals surface area contributed by atoms with Crippen molar-refractivity contribution in [2.75, 3.05) is 19.7 Å². The molecule has 0 atom stereocenters. The van der Waals surface area contributed by atoms with E-state index in [1.165, 1.54) is 0 Å². The van der Waals surface area contributed by atoms with Crippen LogP contribution in [0.2, 0.25) is 0 Å². The standard InChI is InChI=1S/C17H21N3O2/c21-9-8-19(11-14-4-2-1-3-5-14)13-17(22)15-10-18-20(12-15)16-6-7-16/h1-5,10,12,16,21H,6-9,11,13H2. The van der Waals surface area contributed by atoms with Crippen molar-refractivity contribution in [2.24, 2.45) is 0 Å². The van der Waals surface area contributed by atoms with E-state index in [1.807, 2.05) is 46.1 Å². The van der Waals surface area contributed by atoms with Crippen LogP contribution in [0.15, 0.2) is 42.7 Å². The fourth-order valence-electron chi connectivity index (χ4n) is 2.51. The summed E-state index contributed by atoms with van der Waals surface area (Å²) in [7, 11) is 0. The van der Waals surface area contributed by atoms with Crippen molar-refractivity contribution in [1.82, 2.24) is 14.7 Å². The summed E-state index contributed by atoms with van der Waals surface area (Å²) in [5, 5.41) is 13.5. The van der Waals surface area contributed by atoms with Crippen LogP contribution in [0.4, 0.5) is 0 Å². The maximum absolute atomic E-state index is 12.4. The maximum atomic E-state index is 12.4. The number of aliphatic hydroxyl groups is 1. The van der Waals surface area contributed by atoms with E-state index in [0.717, 1.165) is 18.4 Å². The largest absolute Gasteiger partial charge is 0.395 e. The van der Waals surface area contributed by atoms with E-state index in [4.69, 9.17) is 0 Å². The van der Waals surface area contributed by atoms with Gasteiger partial charge in [-0.05, 0) is 18.4 Å². The van der Waals surface area contributed by atoms with Crippen molar-refractivity contribution in [3.8, 4) is 0 Å². The molecule has 1 aliphatic carbocycles. The Morgan fingerprint density at radius 1 is 1.32 bits per heavy atom. The highest BCUT2D eigenvalue weighted by Crippen LogP contribution is 2.34. The quantitative estimate of drug-likeness (QED) is 0.756. The second-order valence-electron chi connectivity index (χ2n) is 5.78. The van der Waals surface area contributed by atoms with Gasteiger partial charge in [-0.1, -0.05) is 30.3 Å². The van der Waals surface area contributed by atoms with E-state index in [0.29, 0.717) is 31.2 Å². The predicted octanol–water partition coefficient (Wildman–Crippen LogP) is 1.90. The van der Waals surface area contributed by atoms with Crippen molar-refractivity contribution in [3.63, 3.8) is 0 Å². The molecule has 1 fully saturated rings. The van der Waals surface area contributed by atoms with Gasteiger partial charge in [0.25, 0.3) is 0 Å². The molecule has 0 spiro atoms. The zero-order valence-electron chi connectivity index (χ0n) is 12.6. The minimum atomic E-state index is 0.0431. The summed E-state index contributed by atoms with van der Waals surface area (Å²) in [6, 6.07) is 10.5. The first kappa shape index (κ1) is 14.9. The predicted molar refractivity (Wildman–Crippen MR) is 83.6 cm³/mol. The number of hydrogen-bond acceptors (Lipinski definition) is 4. The number of ketones is 1. The summed E-state index contributed by atoms with van der Waals surface area (Å²) in [6.07, 6.45) is 5.81. The molecule has 1 heterocycles. The molecule has 22 heavy (non-hydrogen) atoms. The Kier molecular flexibility index (Phi) is 4.65. The highest BCUT2D eigenvalue weighted by Gasteiger charge is 2.25. The second kappa shape index (κ2) is 6.85. The van der Waals surface area contributed by atoms with Crippen LogP contribution in [0.3, 0.4) is 0 Å². The Hall–Kier alpha value is -1.98. The molecule has 0 radical (unpaired) electrons. The summed E-state index contributed by atoms with van der Waals surface area (Å²) in [5.41, 5.74) is 1.79. The monoisotopic (exact) mass is 299 g/mol. The van der Waals surface area contributed by atoms with Crippen molar-refractivity contribution >= 4 is 5.78 Å². The molecular formula is C17H21N3O2.